The number of rotatable bonds is 7. The van der Waals surface area contributed by atoms with E-state index in [1.165, 1.54) is 6.20 Å². The molecule has 0 bridgehead atoms. The van der Waals surface area contributed by atoms with E-state index in [1.807, 2.05) is 48.5 Å². The third kappa shape index (κ3) is 11.8. The molecule has 0 aliphatic rings. The van der Waals surface area contributed by atoms with Gasteiger partial charge in [0.15, 0.2) is 5.69 Å². The molecule has 50 heavy (non-hydrogen) atoms. The molecule has 252 valence electrons. The van der Waals surface area contributed by atoms with Gasteiger partial charge in [0, 0.05) is 34.7 Å². The van der Waals surface area contributed by atoms with Gasteiger partial charge in [-0.05, 0) is 89.0 Å². The van der Waals surface area contributed by atoms with E-state index in [2.05, 4.69) is 31.5 Å². The van der Waals surface area contributed by atoms with Crippen molar-refractivity contribution >= 4 is 49.9 Å². The predicted molar refractivity (Wildman–Crippen MR) is 186 cm³/mol. The van der Waals surface area contributed by atoms with Crippen molar-refractivity contribution in [1.29, 1.82) is 5.26 Å². The maximum atomic E-state index is 10.9. The Hall–Kier alpha value is -5.66. The standard InChI is InChI=1S/C11H8N2O.C11H9NO3.C10H8ClNO.CH4.H2N5O.Na/c1-14-9-2-3-10-8(6-9)4-5-13-11(10)7-12;1-15-8-2-3-9-7(6-8)4-5-12-10(9)11(13)14;1-13-8-2-3-9-7(6-8)4-5-12-10(9)11;;1-2-3-4-5-6;/h2-6H,1H3;2-6H,1H3,(H,13,14);2-6H,1H3;1H4;(H2-,1,2,3,4,5,6);/q;;;;-1;+1. The second-order valence-electron chi connectivity index (χ2n) is 9.01. The Morgan fingerprint density at radius 3 is 1.70 bits per heavy atom. The molecule has 3 aromatic carbocycles. The van der Waals surface area contributed by atoms with Crippen molar-refractivity contribution in [2.75, 3.05) is 21.3 Å². The number of benzene rings is 3. The third-order valence-electron chi connectivity index (χ3n) is 6.32. The van der Waals surface area contributed by atoms with E-state index in [4.69, 9.17) is 46.6 Å². The van der Waals surface area contributed by atoms with Gasteiger partial charge in [-0.3, -0.25) is 5.22 Å². The number of hydrogen-bond acceptors (Lipinski definition) is 11. The number of carbonyl (C=O) groups is 1. The first-order valence-electron chi connectivity index (χ1n) is 13.5. The fourth-order valence-corrected chi connectivity index (χ4v) is 4.34. The minimum absolute atomic E-state index is 0. The van der Waals surface area contributed by atoms with E-state index >= 15 is 0 Å². The molecule has 17 heteroatoms. The van der Waals surface area contributed by atoms with Crippen LogP contribution in [0.4, 0.5) is 0 Å². The van der Waals surface area contributed by atoms with Crippen molar-refractivity contribution in [2.24, 2.45) is 10.5 Å². The average Bonchev–Trinajstić information content (AvgIpc) is 3.13. The second kappa shape index (κ2) is 22.1. The zero-order chi connectivity index (χ0) is 34.9. The number of nitriles is 1. The number of hydrazine groups is 1. The summed E-state index contributed by atoms with van der Waals surface area (Å²) >= 11 is 5.90. The van der Waals surface area contributed by atoms with Crippen LogP contribution in [0, 0.1) is 16.2 Å². The van der Waals surface area contributed by atoms with E-state index in [1.54, 1.807) is 69.1 Å². The van der Waals surface area contributed by atoms with Crippen LogP contribution < -0.4 is 54.8 Å². The molecule has 0 unspecified atom stereocenters. The number of halogens is 1. The third-order valence-corrected chi connectivity index (χ3v) is 6.62. The summed E-state index contributed by atoms with van der Waals surface area (Å²) in [4.78, 5) is 31.6. The Balaban J connectivity index is 0.000000341. The minimum Gasteiger partial charge on any atom is -0.497 e. The predicted octanol–water partition coefficient (Wildman–Crippen LogP) is 4.29. The van der Waals surface area contributed by atoms with Crippen molar-refractivity contribution in [2.45, 2.75) is 7.43 Å². The minimum atomic E-state index is -1.02. The van der Waals surface area contributed by atoms with E-state index < -0.39 is 5.97 Å². The summed E-state index contributed by atoms with van der Waals surface area (Å²) in [6.45, 7) is 0. The molecule has 0 radical (unpaired) electrons. The van der Waals surface area contributed by atoms with E-state index in [-0.39, 0.29) is 42.7 Å². The SMILES string of the molecule is C.COc1ccc2c(C#N)nccc2c1.COc1ccc2c(C(=O)O)nccc2c1.COc1ccc2c(Cl)nccc2c1.[N-]=NNNN=O.[Na+]. The Bertz CT molecular complexity index is 2070. The zero-order valence-corrected chi connectivity index (χ0v) is 29.4. The Labute approximate surface area is 314 Å². The fourth-order valence-electron chi connectivity index (χ4n) is 4.11. The first-order chi connectivity index (χ1) is 23.3. The van der Waals surface area contributed by atoms with Gasteiger partial charge < -0.3 is 30.4 Å². The number of aromatic carboxylic acids is 1. The van der Waals surface area contributed by atoms with Gasteiger partial charge in [0.2, 0.25) is 0 Å². The van der Waals surface area contributed by atoms with Crippen LogP contribution in [-0.4, -0.2) is 47.4 Å². The number of methoxy groups -OCH3 is 3. The second-order valence-corrected chi connectivity index (χ2v) is 9.37. The molecule has 15 nitrogen and oxygen atoms in total. The van der Waals surface area contributed by atoms with Crippen molar-refractivity contribution in [3.8, 4) is 23.3 Å². The number of pyridine rings is 3. The molecular weight excluding hydrogens is 677 g/mol. The van der Waals surface area contributed by atoms with Crippen LogP contribution in [0.15, 0.2) is 102 Å². The number of nitrogens with one attached hydrogen (secondary N) is 2. The van der Waals surface area contributed by atoms with Crippen molar-refractivity contribution in [3.05, 3.63) is 118 Å². The molecular formula is C33H31ClN9NaO6. The van der Waals surface area contributed by atoms with Crippen molar-refractivity contribution < 1.29 is 53.7 Å². The molecule has 3 heterocycles. The molecule has 3 aromatic heterocycles. The van der Waals surface area contributed by atoms with Gasteiger partial charge >= 0.3 is 35.5 Å². The molecule has 0 saturated carbocycles. The normalized spacial score (nSPS) is 9.18. The van der Waals surface area contributed by atoms with Crippen LogP contribution in [-0.2, 0) is 0 Å². The number of carboxylic acid groups (broad SMARTS) is 1. The number of hydrogen-bond donors (Lipinski definition) is 3. The molecule has 0 aliphatic heterocycles. The summed E-state index contributed by atoms with van der Waals surface area (Å²) in [5, 5.41) is 27.8. The summed E-state index contributed by atoms with van der Waals surface area (Å²) in [7, 11) is 4.83. The van der Waals surface area contributed by atoms with Gasteiger partial charge in [-0.25, -0.2) is 25.3 Å². The van der Waals surface area contributed by atoms with Crippen LogP contribution in [0.1, 0.15) is 23.6 Å². The number of nitroso groups, excluding NO2 is 1. The monoisotopic (exact) mass is 707 g/mol. The van der Waals surface area contributed by atoms with Gasteiger partial charge in [0.05, 0.1) is 26.6 Å². The topological polar surface area (TPSA) is 216 Å². The maximum Gasteiger partial charge on any atom is 1.00 e. The fraction of sp³-hybridized carbons (Fsp3) is 0.121. The van der Waals surface area contributed by atoms with Crippen LogP contribution in [0.2, 0.25) is 5.15 Å². The molecule has 0 fully saturated rings. The number of aromatic nitrogens is 3. The van der Waals surface area contributed by atoms with Gasteiger partial charge in [0.1, 0.15) is 34.2 Å². The van der Waals surface area contributed by atoms with Crippen LogP contribution in [0.5, 0.6) is 17.2 Å². The Morgan fingerprint density at radius 1 is 0.780 bits per heavy atom. The summed E-state index contributed by atoms with van der Waals surface area (Å²) in [6, 6.07) is 24.0. The van der Waals surface area contributed by atoms with Crippen molar-refractivity contribution in [3.63, 3.8) is 0 Å². The summed E-state index contributed by atoms with van der Waals surface area (Å²) in [6.07, 6.45) is 4.79. The largest absolute Gasteiger partial charge is 1.00 e. The van der Waals surface area contributed by atoms with E-state index in [0.717, 1.165) is 38.4 Å². The molecule has 6 aromatic rings. The van der Waals surface area contributed by atoms with E-state index in [0.29, 0.717) is 22.0 Å². The van der Waals surface area contributed by atoms with Crippen LogP contribution >= 0.6 is 11.6 Å². The summed E-state index contributed by atoms with van der Waals surface area (Å²) < 4.78 is 15.2. The summed E-state index contributed by atoms with van der Waals surface area (Å²) in [5.74, 6) is 1.29. The van der Waals surface area contributed by atoms with Gasteiger partial charge in [0.25, 0.3) is 0 Å². The van der Waals surface area contributed by atoms with Gasteiger partial charge in [-0.15, -0.1) is 4.91 Å². The van der Waals surface area contributed by atoms with E-state index in [9.17, 15) is 4.79 Å². The molecule has 6 rings (SSSR count). The maximum absolute atomic E-state index is 10.9. The number of carboxylic acids is 1. The van der Waals surface area contributed by atoms with Crippen molar-refractivity contribution in [1.82, 2.24) is 26.0 Å². The molecule has 0 aliphatic carbocycles. The van der Waals surface area contributed by atoms with Gasteiger partial charge in [-0.1, -0.05) is 19.0 Å². The number of nitrogens with zero attached hydrogens (tertiary/aromatic N) is 7. The molecule has 0 amide bonds. The molecule has 0 atom stereocenters. The first-order valence-corrected chi connectivity index (χ1v) is 13.9. The number of ether oxygens (including phenoxy) is 3. The quantitative estimate of drug-likeness (QED) is 0.0529. The first kappa shape index (κ1) is 42.4. The Morgan fingerprint density at radius 2 is 1.24 bits per heavy atom. The zero-order valence-electron chi connectivity index (χ0n) is 26.7. The van der Waals surface area contributed by atoms with Crippen LogP contribution in [0.3, 0.4) is 0 Å². The smallest absolute Gasteiger partial charge is 0.497 e. The molecule has 0 spiro atoms. The molecule has 0 saturated heterocycles. The number of fused-ring (bicyclic) bond motifs is 3. The molecule has 3 N–H and O–H groups in total. The average molecular weight is 708 g/mol. The summed E-state index contributed by atoms with van der Waals surface area (Å²) in [5.41, 5.74) is 11.2. The Kier molecular flexibility index (Phi) is 18.7. The van der Waals surface area contributed by atoms with Crippen LogP contribution in [0.25, 0.3) is 37.8 Å². The van der Waals surface area contributed by atoms with Gasteiger partial charge in [-0.2, -0.15) is 5.26 Å².